The Bertz CT molecular complexity index is 1410. The van der Waals surface area contributed by atoms with Crippen LogP contribution in [0, 0.1) is 0 Å². The highest BCUT2D eigenvalue weighted by Crippen LogP contribution is 2.26. The molecule has 1 aliphatic rings. The second kappa shape index (κ2) is 49.8. The average molecular weight is 1030 g/mol. The predicted molar refractivity (Wildman–Crippen MR) is 294 cm³/mol. The highest BCUT2D eigenvalue weighted by Gasteiger charge is 2.50. The Morgan fingerprint density at radius 1 is 0.452 bits per heavy atom. The summed E-state index contributed by atoms with van der Waals surface area (Å²) in [5, 5.41) is 31.4. The second-order valence-corrected chi connectivity index (χ2v) is 20.6. The molecule has 0 aliphatic carbocycles. The van der Waals surface area contributed by atoms with Crippen LogP contribution in [0.15, 0.2) is 36.5 Å². The molecule has 12 heteroatoms. The summed E-state index contributed by atoms with van der Waals surface area (Å²) >= 11 is 0. The van der Waals surface area contributed by atoms with Crippen molar-refractivity contribution in [2.45, 2.75) is 314 Å². The number of unbranched alkanes of at least 4 members (excludes halogenated alkanes) is 31. The van der Waals surface area contributed by atoms with Crippen LogP contribution in [0.4, 0.5) is 0 Å². The molecule has 0 aromatic carbocycles. The zero-order valence-electron chi connectivity index (χ0n) is 46.6. The standard InChI is InChI=1S/C61H108O12/c1-4-7-10-13-16-19-22-24-25-26-27-28-29-31-33-35-38-41-44-47-53(62)69-50-52(71-54(63)48-45-42-39-37-34-30-23-20-17-14-11-8-5-2)51-70-61-59(57(66)56(65)58(73-61)60(67)68)72-55(64)49-46-43-40-36-32-21-18-15-12-9-6-3/h15-16,18-19,24-25,52,56-59,61,65-66H,4-14,17,20-23,26-51H2,1-3H3,(H,67,68)/b18-15-,19-16-,25-24-. The molecule has 1 aliphatic heterocycles. The number of hydrogen-bond donors (Lipinski definition) is 3. The molecule has 6 unspecified atom stereocenters. The van der Waals surface area contributed by atoms with Gasteiger partial charge in [-0.1, -0.05) is 224 Å². The van der Waals surface area contributed by atoms with Gasteiger partial charge in [-0.3, -0.25) is 14.4 Å². The Morgan fingerprint density at radius 2 is 0.836 bits per heavy atom. The van der Waals surface area contributed by atoms with Crippen LogP contribution >= 0.6 is 0 Å². The monoisotopic (exact) mass is 1030 g/mol. The van der Waals surface area contributed by atoms with Crippen molar-refractivity contribution >= 4 is 23.9 Å². The number of aliphatic carboxylic acids is 1. The molecule has 0 aromatic rings. The number of esters is 3. The lowest BCUT2D eigenvalue weighted by Crippen LogP contribution is -2.61. The summed E-state index contributed by atoms with van der Waals surface area (Å²) in [5.41, 5.74) is 0. The first-order valence-corrected chi connectivity index (χ1v) is 30.0. The topological polar surface area (TPSA) is 175 Å². The van der Waals surface area contributed by atoms with Crippen LogP contribution in [0.5, 0.6) is 0 Å². The van der Waals surface area contributed by atoms with Gasteiger partial charge in [0.05, 0.1) is 6.61 Å². The minimum absolute atomic E-state index is 0.0525. The molecule has 1 heterocycles. The van der Waals surface area contributed by atoms with Crippen molar-refractivity contribution in [2.24, 2.45) is 0 Å². The van der Waals surface area contributed by atoms with Crippen molar-refractivity contribution in [3.05, 3.63) is 36.5 Å². The first kappa shape index (κ1) is 68.0. The number of carboxylic acids is 1. The molecule has 0 radical (unpaired) electrons. The van der Waals surface area contributed by atoms with Crippen LogP contribution in [0.2, 0.25) is 0 Å². The van der Waals surface area contributed by atoms with E-state index in [-0.39, 0.29) is 25.9 Å². The van der Waals surface area contributed by atoms with Gasteiger partial charge in [0, 0.05) is 19.3 Å². The van der Waals surface area contributed by atoms with Gasteiger partial charge in [0.1, 0.15) is 18.8 Å². The Balaban J connectivity index is 2.65. The average Bonchev–Trinajstić information content (AvgIpc) is 3.37. The molecule has 6 atom stereocenters. The third kappa shape index (κ3) is 39.9. The molecule has 3 N–H and O–H groups in total. The molecule has 73 heavy (non-hydrogen) atoms. The number of aliphatic hydroxyl groups is 2. The van der Waals surface area contributed by atoms with Crippen molar-refractivity contribution in [1.82, 2.24) is 0 Å². The highest BCUT2D eigenvalue weighted by molar-refractivity contribution is 5.74. The predicted octanol–water partition coefficient (Wildman–Crippen LogP) is 15.2. The van der Waals surface area contributed by atoms with E-state index in [1.54, 1.807) is 0 Å². The molecule has 0 bridgehead atoms. The maximum absolute atomic E-state index is 13.1. The van der Waals surface area contributed by atoms with Gasteiger partial charge in [0.25, 0.3) is 0 Å². The van der Waals surface area contributed by atoms with Gasteiger partial charge in [-0.2, -0.15) is 0 Å². The summed E-state index contributed by atoms with van der Waals surface area (Å²) in [7, 11) is 0. The van der Waals surface area contributed by atoms with Crippen LogP contribution < -0.4 is 0 Å². The number of aliphatic hydroxyl groups excluding tert-OH is 2. The molecule has 12 nitrogen and oxygen atoms in total. The fourth-order valence-electron chi connectivity index (χ4n) is 9.03. The SMILES string of the molecule is CCCC/C=C\CCCCCCCC(=O)OC1C(OCC(COC(=O)CCCCCCCCCCC/C=C\C/C=C\CCCCC)OC(=O)CCCCCCCCCCCCCCC)OC(C(=O)O)C(O)C1O. The molecule has 424 valence electrons. The Morgan fingerprint density at radius 3 is 1.32 bits per heavy atom. The first-order valence-electron chi connectivity index (χ1n) is 30.0. The summed E-state index contributed by atoms with van der Waals surface area (Å²) in [6, 6.07) is 0. The van der Waals surface area contributed by atoms with Crippen molar-refractivity contribution in [2.75, 3.05) is 13.2 Å². The molecular weight excluding hydrogens is 925 g/mol. The zero-order valence-corrected chi connectivity index (χ0v) is 46.6. The van der Waals surface area contributed by atoms with Crippen molar-refractivity contribution in [1.29, 1.82) is 0 Å². The number of ether oxygens (including phenoxy) is 5. The minimum atomic E-state index is -1.90. The van der Waals surface area contributed by atoms with Crippen LogP contribution in [0.1, 0.15) is 278 Å². The summed E-state index contributed by atoms with van der Waals surface area (Å²) in [4.78, 5) is 51.0. The fraction of sp³-hybridized carbons (Fsp3) is 0.836. The van der Waals surface area contributed by atoms with Crippen molar-refractivity contribution in [3.8, 4) is 0 Å². The molecule has 1 fully saturated rings. The molecule has 0 saturated carbocycles. The van der Waals surface area contributed by atoms with Gasteiger partial charge >= 0.3 is 23.9 Å². The summed E-state index contributed by atoms with van der Waals surface area (Å²) < 4.78 is 28.4. The summed E-state index contributed by atoms with van der Waals surface area (Å²) in [6.45, 7) is 5.93. The van der Waals surface area contributed by atoms with Gasteiger partial charge in [0.15, 0.2) is 24.6 Å². The number of hydrogen-bond acceptors (Lipinski definition) is 11. The van der Waals surface area contributed by atoms with E-state index in [4.69, 9.17) is 23.7 Å². The maximum atomic E-state index is 13.1. The van der Waals surface area contributed by atoms with Gasteiger partial charge in [-0.25, -0.2) is 4.79 Å². The number of allylic oxidation sites excluding steroid dienone is 6. The second-order valence-electron chi connectivity index (χ2n) is 20.6. The molecule has 1 saturated heterocycles. The lowest BCUT2D eigenvalue weighted by Gasteiger charge is -2.40. The number of carbonyl (C=O) groups is 4. The third-order valence-electron chi connectivity index (χ3n) is 13.7. The Labute approximate surface area is 444 Å². The lowest BCUT2D eigenvalue weighted by molar-refractivity contribution is -0.301. The number of carboxylic acid groups (broad SMARTS) is 1. The first-order chi connectivity index (χ1) is 35.6. The van der Waals surface area contributed by atoms with E-state index in [0.29, 0.717) is 19.3 Å². The summed E-state index contributed by atoms with van der Waals surface area (Å²) in [6.07, 6.45) is 45.5. The molecule has 0 spiro atoms. The molecule has 1 rings (SSSR count). The van der Waals surface area contributed by atoms with Crippen LogP contribution in [0.25, 0.3) is 0 Å². The third-order valence-corrected chi connectivity index (χ3v) is 13.7. The van der Waals surface area contributed by atoms with Gasteiger partial charge < -0.3 is 39.0 Å². The molecule has 0 amide bonds. The van der Waals surface area contributed by atoms with E-state index in [0.717, 1.165) is 89.9 Å². The van der Waals surface area contributed by atoms with Crippen molar-refractivity contribution < 1.29 is 58.2 Å². The van der Waals surface area contributed by atoms with E-state index in [2.05, 4.69) is 57.2 Å². The van der Waals surface area contributed by atoms with E-state index in [1.807, 2.05) is 0 Å². The van der Waals surface area contributed by atoms with Crippen LogP contribution in [-0.4, -0.2) is 89.2 Å². The summed E-state index contributed by atoms with van der Waals surface area (Å²) in [5.74, 6) is -3.11. The van der Waals surface area contributed by atoms with Crippen LogP contribution in [-0.2, 0) is 42.9 Å². The quantitative estimate of drug-likeness (QED) is 0.0228. The van der Waals surface area contributed by atoms with E-state index in [1.165, 1.54) is 128 Å². The fourth-order valence-corrected chi connectivity index (χ4v) is 9.03. The van der Waals surface area contributed by atoms with Crippen LogP contribution in [0.3, 0.4) is 0 Å². The van der Waals surface area contributed by atoms with Gasteiger partial charge in [-0.05, 0) is 70.6 Å². The zero-order chi connectivity index (χ0) is 53.3. The Kier molecular flexibility index (Phi) is 46.4. The van der Waals surface area contributed by atoms with Crippen molar-refractivity contribution in [3.63, 3.8) is 0 Å². The highest BCUT2D eigenvalue weighted by atomic mass is 16.7. The smallest absolute Gasteiger partial charge is 0.335 e. The lowest BCUT2D eigenvalue weighted by atomic mass is 9.98. The molecule has 0 aromatic heterocycles. The molecular formula is C61H108O12. The largest absolute Gasteiger partial charge is 0.479 e. The van der Waals surface area contributed by atoms with E-state index >= 15 is 0 Å². The maximum Gasteiger partial charge on any atom is 0.335 e. The Hall–Kier alpha value is -3.06. The van der Waals surface area contributed by atoms with E-state index in [9.17, 15) is 34.5 Å². The normalized spacial score (nSPS) is 18.5. The van der Waals surface area contributed by atoms with E-state index < -0.39 is 67.3 Å². The number of carbonyl (C=O) groups excluding carboxylic acids is 3. The van der Waals surface area contributed by atoms with Gasteiger partial charge in [0.2, 0.25) is 0 Å². The van der Waals surface area contributed by atoms with Gasteiger partial charge in [-0.15, -0.1) is 0 Å². The minimum Gasteiger partial charge on any atom is -0.479 e. The number of rotatable bonds is 51.